The van der Waals surface area contributed by atoms with E-state index in [2.05, 4.69) is 0 Å². The van der Waals surface area contributed by atoms with Crippen LogP contribution in [0.5, 0.6) is 5.75 Å². The van der Waals surface area contributed by atoms with Crippen LogP contribution < -0.4 is 9.04 Å². The second kappa shape index (κ2) is 9.59. The molecule has 2 N–H and O–H groups in total. The van der Waals surface area contributed by atoms with Gasteiger partial charge in [0.2, 0.25) is 0 Å². The van der Waals surface area contributed by atoms with E-state index in [4.69, 9.17) is 4.74 Å². The summed E-state index contributed by atoms with van der Waals surface area (Å²) >= 11 is 0. The molecule has 0 radical (unpaired) electrons. The van der Waals surface area contributed by atoms with Crippen LogP contribution in [0.2, 0.25) is 0 Å². The molecule has 3 rings (SSSR count). The third-order valence-electron chi connectivity index (χ3n) is 5.48. The maximum atomic E-state index is 13.5. The van der Waals surface area contributed by atoms with Gasteiger partial charge in [-0.25, -0.2) is 8.42 Å². The van der Waals surface area contributed by atoms with Crippen LogP contribution in [0.1, 0.15) is 44.2 Å². The molecule has 1 saturated carbocycles. The number of aliphatic hydroxyl groups is 2. The number of benzene rings is 2. The van der Waals surface area contributed by atoms with E-state index in [1.165, 1.54) is 4.31 Å². The Morgan fingerprint density at radius 1 is 1.00 bits per heavy atom. The molecule has 7 heteroatoms. The molecule has 6 nitrogen and oxygen atoms in total. The van der Waals surface area contributed by atoms with Crippen LogP contribution >= 0.6 is 0 Å². The van der Waals surface area contributed by atoms with Crippen molar-refractivity contribution in [3.8, 4) is 5.75 Å². The Hall–Kier alpha value is -2.09. The molecule has 31 heavy (non-hydrogen) atoms. The number of rotatable bonds is 7. The highest BCUT2D eigenvalue weighted by atomic mass is 32.2. The lowest BCUT2D eigenvalue weighted by molar-refractivity contribution is -0.0155. The molecule has 1 fully saturated rings. The second-order valence-corrected chi connectivity index (χ2v) is 10.8. The zero-order valence-electron chi connectivity index (χ0n) is 18.7. The molecule has 3 atom stereocenters. The van der Waals surface area contributed by atoms with Gasteiger partial charge in [0.05, 0.1) is 22.8 Å². The smallest absolute Gasteiger partial charge is 0.264 e. The molecule has 0 bridgehead atoms. The van der Waals surface area contributed by atoms with Crippen molar-refractivity contribution in [2.45, 2.75) is 70.2 Å². The Balaban J connectivity index is 1.84. The number of ether oxygens (including phenoxy) is 1. The van der Waals surface area contributed by atoms with Crippen molar-refractivity contribution in [3.63, 3.8) is 0 Å². The molecule has 0 heterocycles. The first kappa shape index (κ1) is 23.6. The summed E-state index contributed by atoms with van der Waals surface area (Å²) in [5, 5.41) is 19.7. The maximum Gasteiger partial charge on any atom is 0.264 e. The van der Waals surface area contributed by atoms with E-state index in [0.717, 1.165) is 11.1 Å². The fourth-order valence-electron chi connectivity index (χ4n) is 4.06. The first-order chi connectivity index (χ1) is 14.6. The van der Waals surface area contributed by atoms with Gasteiger partial charge in [-0.1, -0.05) is 31.5 Å². The van der Waals surface area contributed by atoms with E-state index >= 15 is 0 Å². The minimum absolute atomic E-state index is 0.155. The molecule has 0 unspecified atom stereocenters. The summed E-state index contributed by atoms with van der Waals surface area (Å²) in [5.74, 6) is 0.675. The monoisotopic (exact) mass is 447 g/mol. The number of sulfonamides is 1. The van der Waals surface area contributed by atoms with Crippen LogP contribution in [0.4, 0.5) is 5.69 Å². The fourth-order valence-corrected chi connectivity index (χ4v) is 5.75. The summed E-state index contributed by atoms with van der Waals surface area (Å²) in [6.07, 6.45) is -0.209. The van der Waals surface area contributed by atoms with Crippen LogP contribution in [0, 0.1) is 19.8 Å². The van der Waals surface area contributed by atoms with Crippen LogP contribution in [0.15, 0.2) is 47.4 Å². The van der Waals surface area contributed by atoms with Gasteiger partial charge in [0, 0.05) is 19.4 Å². The van der Waals surface area contributed by atoms with E-state index in [-0.39, 0.29) is 16.9 Å². The molecule has 2 aromatic rings. The van der Waals surface area contributed by atoms with Gasteiger partial charge in [-0.3, -0.25) is 4.31 Å². The van der Waals surface area contributed by atoms with Gasteiger partial charge in [-0.05, 0) is 62.1 Å². The average Bonchev–Trinajstić information content (AvgIpc) is 2.66. The molecule has 1 aliphatic carbocycles. The van der Waals surface area contributed by atoms with Crippen LogP contribution in [0.3, 0.4) is 0 Å². The van der Waals surface area contributed by atoms with Crippen molar-refractivity contribution < 1.29 is 23.4 Å². The highest BCUT2D eigenvalue weighted by molar-refractivity contribution is 7.92. The minimum atomic E-state index is -3.75. The van der Waals surface area contributed by atoms with Gasteiger partial charge in [-0.2, -0.15) is 0 Å². The van der Waals surface area contributed by atoms with Gasteiger partial charge in [-0.15, -0.1) is 0 Å². The first-order valence-corrected chi connectivity index (χ1v) is 12.2. The zero-order chi connectivity index (χ0) is 22.8. The molecule has 2 aromatic carbocycles. The normalized spacial score (nSPS) is 21.8. The van der Waals surface area contributed by atoms with E-state index in [0.29, 0.717) is 37.2 Å². The summed E-state index contributed by atoms with van der Waals surface area (Å²) in [7, 11) is -3.75. The summed E-state index contributed by atoms with van der Waals surface area (Å²) in [4.78, 5) is 0.198. The summed E-state index contributed by atoms with van der Waals surface area (Å²) in [6.45, 7) is 8.28. The Bertz CT molecular complexity index is 978. The van der Waals surface area contributed by atoms with Crippen molar-refractivity contribution in [1.82, 2.24) is 0 Å². The standard InChI is InChI=1S/C24H33NO5S/c1-16(2)15-25(24-10-5-17(3)11-18(24)4)31(28,29)23-8-6-21(7-9-23)30-22-13-19(26)12-20(27)14-22/h5-11,16,19-20,22,26-27H,12-15H2,1-4H3/t19-,20+,22+. The number of hydrogen-bond donors (Lipinski definition) is 2. The number of anilines is 1. The van der Waals surface area contributed by atoms with E-state index in [1.807, 2.05) is 45.9 Å². The number of aliphatic hydroxyl groups excluding tert-OH is 2. The molecule has 0 spiro atoms. The highest BCUT2D eigenvalue weighted by Gasteiger charge is 2.29. The predicted molar refractivity (Wildman–Crippen MR) is 122 cm³/mol. The lowest BCUT2D eigenvalue weighted by Gasteiger charge is -2.30. The molecular weight excluding hydrogens is 414 g/mol. The van der Waals surface area contributed by atoms with Crippen LogP contribution in [-0.2, 0) is 10.0 Å². The largest absolute Gasteiger partial charge is 0.490 e. The maximum absolute atomic E-state index is 13.5. The third kappa shape index (κ3) is 5.79. The van der Waals surface area contributed by atoms with E-state index in [1.54, 1.807) is 24.3 Å². The van der Waals surface area contributed by atoms with Crippen molar-refractivity contribution in [3.05, 3.63) is 53.6 Å². The predicted octanol–water partition coefficient (Wildman–Crippen LogP) is 3.81. The average molecular weight is 448 g/mol. The molecule has 0 saturated heterocycles. The lowest BCUT2D eigenvalue weighted by atomic mass is 9.92. The summed E-state index contributed by atoms with van der Waals surface area (Å²) in [6, 6.07) is 12.2. The van der Waals surface area contributed by atoms with Gasteiger partial charge in [0.15, 0.2) is 0 Å². The van der Waals surface area contributed by atoms with Gasteiger partial charge in [0.25, 0.3) is 10.0 Å². The third-order valence-corrected chi connectivity index (χ3v) is 7.27. The SMILES string of the molecule is Cc1ccc(N(CC(C)C)S(=O)(=O)c2ccc(O[C@H]3C[C@H](O)C[C@H](O)C3)cc2)c(C)c1. The fraction of sp³-hybridized carbons (Fsp3) is 0.500. The summed E-state index contributed by atoms with van der Waals surface area (Å²) in [5.41, 5.74) is 2.69. The Labute approximate surface area is 185 Å². The van der Waals surface area contributed by atoms with Gasteiger partial charge >= 0.3 is 0 Å². The number of hydrogen-bond acceptors (Lipinski definition) is 5. The quantitative estimate of drug-likeness (QED) is 0.674. The Morgan fingerprint density at radius 2 is 1.61 bits per heavy atom. The zero-order valence-corrected chi connectivity index (χ0v) is 19.5. The Kier molecular flexibility index (Phi) is 7.29. The molecule has 1 aliphatic rings. The number of aryl methyl sites for hydroxylation is 2. The van der Waals surface area contributed by atoms with Crippen LogP contribution in [-0.4, -0.2) is 43.5 Å². The lowest BCUT2D eigenvalue weighted by Crippen LogP contribution is -2.36. The topological polar surface area (TPSA) is 87.1 Å². The number of nitrogens with zero attached hydrogens (tertiary/aromatic N) is 1. The molecule has 170 valence electrons. The van der Waals surface area contributed by atoms with Crippen molar-refractivity contribution in [2.24, 2.45) is 5.92 Å². The molecular formula is C24H33NO5S. The van der Waals surface area contributed by atoms with E-state index < -0.39 is 22.2 Å². The van der Waals surface area contributed by atoms with Crippen molar-refractivity contribution in [2.75, 3.05) is 10.8 Å². The van der Waals surface area contributed by atoms with E-state index in [9.17, 15) is 18.6 Å². The molecule has 0 aromatic heterocycles. The summed E-state index contributed by atoms with van der Waals surface area (Å²) < 4.78 is 34.4. The van der Waals surface area contributed by atoms with Crippen LogP contribution in [0.25, 0.3) is 0 Å². The highest BCUT2D eigenvalue weighted by Crippen LogP contribution is 2.30. The van der Waals surface area contributed by atoms with Crippen molar-refractivity contribution >= 4 is 15.7 Å². The van der Waals surface area contributed by atoms with Gasteiger partial charge in [0.1, 0.15) is 11.9 Å². The second-order valence-electron chi connectivity index (χ2n) is 8.95. The van der Waals surface area contributed by atoms with Gasteiger partial charge < -0.3 is 14.9 Å². The molecule has 0 aliphatic heterocycles. The van der Waals surface area contributed by atoms with Crippen molar-refractivity contribution in [1.29, 1.82) is 0 Å². The molecule has 0 amide bonds. The first-order valence-electron chi connectivity index (χ1n) is 10.8. The Morgan fingerprint density at radius 3 is 2.16 bits per heavy atom. The minimum Gasteiger partial charge on any atom is -0.490 e.